The van der Waals surface area contributed by atoms with Crippen LogP contribution >= 0.6 is 0 Å². The molecule has 2 aromatic heterocycles. The van der Waals surface area contributed by atoms with E-state index in [1.165, 1.54) is 0 Å². The van der Waals surface area contributed by atoms with Crippen LogP contribution in [0.4, 0.5) is 0 Å². The van der Waals surface area contributed by atoms with Gasteiger partial charge in [-0.15, -0.1) is 0 Å². The molecule has 6 heteroatoms. The highest BCUT2D eigenvalue weighted by atomic mass is 16.3. The molecular formula is C12H16N4O2. The van der Waals surface area contributed by atoms with E-state index in [9.17, 15) is 9.90 Å². The lowest BCUT2D eigenvalue weighted by Crippen LogP contribution is -2.15. The van der Waals surface area contributed by atoms with E-state index < -0.39 is 0 Å². The molecule has 0 unspecified atom stereocenters. The van der Waals surface area contributed by atoms with Gasteiger partial charge in [0, 0.05) is 6.54 Å². The molecule has 6 nitrogen and oxygen atoms in total. The van der Waals surface area contributed by atoms with Gasteiger partial charge in [-0.1, -0.05) is 13.8 Å². The molecule has 0 saturated carbocycles. The van der Waals surface area contributed by atoms with E-state index in [-0.39, 0.29) is 11.4 Å². The lowest BCUT2D eigenvalue weighted by Gasteiger charge is -2.07. The van der Waals surface area contributed by atoms with Crippen LogP contribution in [0.5, 0.6) is 5.88 Å². The molecular weight excluding hydrogens is 232 g/mol. The molecule has 2 aromatic rings. The zero-order chi connectivity index (χ0) is 13.1. The lowest BCUT2D eigenvalue weighted by atomic mass is 10.2. The second kappa shape index (κ2) is 5.03. The van der Waals surface area contributed by atoms with Gasteiger partial charge in [0.2, 0.25) is 5.88 Å². The standard InChI is InChI=1S/C12H16N4O2/c1-3-5-16-7-13-6-9(16)10-14-11(17)8(4-2)12(18)15-10/h6-7H,3-5H2,1-2H3,(H2,14,15,17,18). The molecule has 2 heterocycles. The first kappa shape index (κ1) is 12.3. The Bertz CT molecular complexity index is 600. The Morgan fingerprint density at radius 2 is 2.22 bits per heavy atom. The van der Waals surface area contributed by atoms with Crippen LogP contribution in [0.2, 0.25) is 0 Å². The third-order valence-electron chi connectivity index (χ3n) is 2.77. The van der Waals surface area contributed by atoms with Crippen molar-refractivity contribution < 1.29 is 5.11 Å². The first-order chi connectivity index (χ1) is 8.67. The highest BCUT2D eigenvalue weighted by Gasteiger charge is 2.12. The summed E-state index contributed by atoms with van der Waals surface area (Å²) in [4.78, 5) is 22.5. The zero-order valence-electron chi connectivity index (χ0n) is 10.5. The van der Waals surface area contributed by atoms with Crippen molar-refractivity contribution in [1.29, 1.82) is 0 Å². The number of aromatic hydroxyl groups is 1. The predicted octanol–water partition coefficient (Wildman–Crippen LogP) is 1.31. The summed E-state index contributed by atoms with van der Waals surface area (Å²) in [7, 11) is 0. The van der Waals surface area contributed by atoms with Gasteiger partial charge in [-0.05, 0) is 12.8 Å². The van der Waals surface area contributed by atoms with Crippen molar-refractivity contribution in [3.8, 4) is 17.4 Å². The maximum absolute atomic E-state index is 11.8. The average molecular weight is 248 g/mol. The van der Waals surface area contributed by atoms with Crippen LogP contribution in [0.15, 0.2) is 17.3 Å². The van der Waals surface area contributed by atoms with E-state index in [0.29, 0.717) is 23.5 Å². The summed E-state index contributed by atoms with van der Waals surface area (Å²) in [5.41, 5.74) is 0.705. The number of nitrogens with one attached hydrogen (secondary N) is 1. The summed E-state index contributed by atoms with van der Waals surface area (Å²) < 4.78 is 1.89. The number of hydrogen-bond acceptors (Lipinski definition) is 4. The summed E-state index contributed by atoms with van der Waals surface area (Å²) in [5, 5.41) is 9.73. The van der Waals surface area contributed by atoms with Gasteiger partial charge < -0.3 is 14.7 Å². The molecule has 0 atom stereocenters. The second-order valence-electron chi connectivity index (χ2n) is 4.04. The first-order valence-corrected chi connectivity index (χ1v) is 6.00. The van der Waals surface area contributed by atoms with Crippen molar-refractivity contribution in [2.45, 2.75) is 33.2 Å². The number of H-pyrrole nitrogens is 1. The van der Waals surface area contributed by atoms with Crippen molar-refractivity contribution in [2.75, 3.05) is 0 Å². The smallest absolute Gasteiger partial charge is 0.258 e. The lowest BCUT2D eigenvalue weighted by molar-refractivity contribution is 0.444. The minimum absolute atomic E-state index is 0.208. The van der Waals surface area contributed by atoms with Gasteiger partial charge in [0.25, 0.3) is 5.56 Å². The molecule has 18 heavy (non-hydrogen) atoms. The van der Waals surface area contributed by atoms with Gasteiger partial charge in [-0.25, -0.2) is 4.98 Å². The molecule has 96 valence electrons. The SMILES string of the molecule is CCCn1cncc1-c1nc(O)c(CC)c(=O)[nH]1. The maximum atomic E-state index is 11.8. The fraction of sp³-hybridized carbons (Fsp3) is 0.417. The minimum Gasteiger partial charge on any atom is -0.493 e. The van der Waals surface area contributed by atoms with Crippen LogP contribution in [-0.2, 0) is 13.0 Å². The molecule has 0 bridgehead atoms. The van der Waals surface area contributed by atoms with Crippen LogP contribution in [0, 0.1) is 0 Å². The molecule has 2 rings (SSSR count). The molecule has 0 aromatic carbocycles. The first-order valence-electron chi connectivity index (χ1n) is 6.00. The number of rotatable bonds is 4. The van der Waals surface area contributed by atoms with Crippen LogP contribution in [-0.4, -0.2) is 24.6 Å². The topological polar surface area (TPSA) is 83.8 Å². The van der Waals surface area contributed by atoms with Crippen LogP contribution in [0.1, 0.15) is 25.8 Å². The van der Waals surface area contributed by atoms with Crippen molar-refractivity contribution in [3.63, 3.8) is 0 Å². The van der Waals surface area contributed by atoms with E-state index in [1.807, 2.05) is 4.57 Å². The fourth-order valence-electron chi connectivity index (χ4n) is 1.86. The number of aryl methyl sites for hydroxylation is 1. The molecule has 0 fully saturated rings. The van der Waals surface area contributed by atoms with Crippen LogP contribution in [0.25, 0.3) is 11.5 Å². The third kappa shape index (κ3) is 2.13. The number of aromatic nitrogens is 4. The molecule has 0 aliphatic carbocycles. The quantitative estimate of drug-likeness (QED) is 0.854. The van der Waals surface area contributed by atoms with Crippen molar-refractivity contribution in [1.82, 2.24) is 19.5 Å². The monoisotopic (exact) mass is 248 g/mol. The van der Waals surface area contributed by atoms with Gasteiger partial charge in [0.05, 0.1) is 18.1 Å². The van der Waals surface area contributed by atoms with E-state index in [4.69, 9.17) is 0 Å². The summed E-state index contributed by atoms with van der Waals surface area (Å²) in [5.74, 6) is 0.140. The zero-order valence-corrected chi connectivity index (χ0v) is 10.5. The Morgan fingerprint density at radius 3 is 2.83 bits per heavy atom. The average Bonchev–Trinajstić information content (AvgIpc) is 2.77. The highest BCUT2D eigenvalue weighted by molar-refractivity contribution is 5.49. The maximum Gasteiger partial charge on any atom is 0.258 e. The van der Waals surface area contributed by atoms with E-state index in [2.05, 4.69) is 21.9 Å². The summed E-state index contributed by atoms with van der Waals surface area (Å²) >= 11 is 0. The number of aromatic amines is 1. The summed E-state index contributed by atoms with van der Waals surface area (Å²) in [6, 6.07) is 0. The number of imidazole rings is 1. The number of hydrogen-bond donors (Lipinski definition) is 2. The van der Waals surface area contributed by atoms with E-state index in [1.54, 1.807) is 19.4 Å². The minimum atomic E-state index is -0.302. The normalized spacial score (nSPS) is 10.8. The van der Waals surface area contributed by atoms with Gasteiger partial charge in [-0.2, -0.15) is 4.98 Å². The molecule has 0 saturated heterocycles. The van der Waals surface area contributed by atoms with Gasteiger partial charge >= 0.3 is 0 Å². The Balaban J connectivity index is 2.51. The van der Waals surface area contributed by atoms with Crippen molar-refractivity contribution >= 4 is 0 Å². The Morgan fingerprint density at radius 1 is 1.44 bits per heavy atom. The fourth-order valence-corrected chi connectivity index (χ4v) is 1.86. The van der Waals surface area contributed by atoms with Gasteiger partial charge in [-0.3, -0.25) is 4.79 Å². The summed E-state index contributed by atoms with van der Waals surface area (Å²) in [6.07, 6.45) is 4.71. The number of nitrogens with zero attached hydrogens (tertiary/aromatic N) is 3. The Labute approximate surface area is 104 Å². The van der Waals surface area contributed by atoms with Crippen molar-refractivity contribution in [3.05, 3.63) is 28.4 Å². The molecule has 0 spiro atoms. The molecule has 2 N–H and O–H groups in total. The Kier molecular flexibility index (Phi) is 3.45. The van der Waals surface area contributed by atoms with Gasteiger partial charge in [0.1, 0.15) is 5.69 Å². The van der Waals surface area contributed by atoms with Crippen LogP contribution in [0.3, 0.4) is 0 Å². The van der Waals surface area contributed by atoms with Crippen molar-refractivity contribution in [2.24, 2.45) is 0 Å². The highest BCUT2D eigenvalue weighted by Crippen LogP contribution is 2.17. The molecule has 0 aliphatic rings. The Hall–Kier alpha value is -2.11. The molecule has 0 aliphatic heterocycles. The molecule has 0 radical (unpaired) electrons. The molecule has 0 amide bonds. The van der Waals surface area contributed by atoms with E-state index >= 15 is 0 Å². The van der Waals surface area contributed by atoms with Crippen LogP contribution < -0.4 is 5.56 Å². The summed E-state index contributed by atoms with van der Waals surface area (Å²) in [6.45, 7) is 4.64. The van der Waals surface area contributed by atoms with Gasteiger partial charge in [0.15, 0.2) is 5.82 Å². The largest absolute Gasteiger partial charge is 0.493 e. The third-order valence-corrected chi connectivity index (χ3v) is 2.77. The predicted molar refractivity (Wildman–Crippen MR) is 67.4 cm³/mol. The van der Waals surface area contributed by atoms with E-state index in [0.717, 1.165) is 13.0 Å². The second-order valence-corrected chi connectivity index (χ2v) is 4.04.